The minimum absolute atomic E-state index is 0.183. The van der Waals surface area contributed by atoms with Gasteiger partial charge < -0.3 is 10.5 Å². The smallest absolute Gasteiger partial charge is 0.0482 e. The van der Waals surface area contributed by atoms with Crippen LogP contribution in [0.2, 0.25) is 0 Å². The van der Waals surface area contributed by atoms with Gasteiger partial charge >= 0.3 is 0 Å². The van der Waals surface area contributed by atoms with Crippen molar-refractivity contribution >= 4 is 0 Å². The molecule has 0 aliphatic heterocycles. The first-order chi connectivity index (χ1) is 7.83. The second-order valence-electron chi connectivity index (χ2n) is 4.34. The van der Waals surface area contributed by atoms with E-state index in [1.807, 2.05) is 19.2 Å². The lowest BCUT2D eigenvalue weighted by atomic mass is 9.95. The van der Waals surface area contributed by atoms with Crippen molar-refractivity contribution in [2.45, 2.75) is 38.1 Å². The summed E-state index contributed by atoms with van der Waals surface area (Å²) in [5, 5.41) is 0. The van der Waals surface area contributed by atoms with E-state index >= 15 is 0 Å². The molecule has 3 heteroatoms. The largest absolute Gasteiger partial charge is 0.382 e. The Morgan fingerprint density at radius 3 is 3.31 bits per heavy atom. The number of aromatic nitrogens is 1. The molecule has 2 atom stereocenters. The summed E-state index contributed by atoms with van der Waals surface area (Å²) in [4.78, 5) is 4.47. The lowest BCUT2D eigenvalue weighted by Gasteiger charge is -2.19. The highest BCUT2D eigenvalue weighted by atomic mass is 16.5. The maximum atomic E-state index is 6.21. The fourth-order valence-electron chi connectivity index (χ4n) is 2.43. The van der Waals surface area contributed by atoms with E-state index in [2.05, 4.69) is 11.1 Å². The molecule has 2 unspecified atom stereocenters. The zero-order chi connectivity index (χ0) is 11.4. The summed E-state index contributed by atoms with van der Waals surface area (Å²) in [5.74, 6) is 0.427. The van der Waals surface area contributed by atoms with Crippen LogP contribution in [0.4, 0.5) is 0 Å². The van der Waals surface area contributed by atoms with Gasteiger partial charge in [-0.2, -0.15) is 0 Å². The Morgan fingerprint density at radius 1 is 1.62 bits per heavy atom. The number of hydrogen-bond acceptors (Lipinski definition) is 3. The molecular formula is C13H20N2O. The number of pyridine rings is 1. The average molecular weight is 220 g/mol. The van der Waals surface area contributed by atoms with E-state index in [4.69, 9.17) is 10.5 Å². The number of nitrogens with two attached hydrogens (primary N) is 1. The molecule has 2 N–H and O–H groups in total. The minimum Gasteiger partial charge on any atom is -0.382 e. The lowest BCUT2D eigenvalue weighted by Crippen LogP contribution is -2.29. The monoisotopic (exact) mass is 220 g/mol. The first kappa shape index (κ1) is 11.6. The van der Waals surface area contributed by atoms with Gasteiger partial charge in [0.25, 0.3) is 0 Å². The van der Waals surface area contributed by atoms with Crippen LogP contribution in [0.5, 0.6) is 0 Å². The van der Waals surface area contributed by atoms with E-state index in [0.29, 0.717) is 5.92 Å². The number of nitrogens with zero attached hydrogens (tertiary/aromatic N) is 1. The predicted octanol–water partition coefficient (Wildman–Crippen LogP) is 1.87. The Hall–Kier alpha value is -0.930. The summed E-state index contributed by atoms with van der Waals surface area (Å²) in [6.07, 6.45) is 5.05. The molecule has 16 heavy (non-hydrogen) atoms. The van der Waals surface area contributed by atoms with E-state index in [0.717, 1.165) is 32.5 Å². The summed E-state index contributed by atoms with van der Waals surface area (Å²) in [7, 11) is 0. The highest BCUT2D eigenvalue weighted by molar-refractivity contribution is 5.29. The number of ether oxygens (including phenoxy) is 1. The minimum atomic E-state index is 0.183. The quantitative estimate of drug-likeness (QED) is 0.771. The fourth-order valence-corrected chi connectivity index (χ4v) is 2.43. The second-order valence-corrected chi connectivity index (χ2v) is 4.34. The van der Waals surface area contributed by atoms with Gasteiger partial charge in [0.2, 0.25) is 0 Å². The highest BCUT2D eigenvalue weighted by Crippen LogP contribution is 2.33. The van der Waals surface area contributed by atoms with Crippen molar-refractivity contribution in [2.75, 3.05) is 13.2 Å². The SMILES string of the molecule is CCOCCC(N)C1CCc2cccnc21. The Balaban J connectivity index is 1.96. The molecule has 2 rings (SSSR count). The molecule has 1 aromatic heterocycles. The third-order valence-electron chi connectivity index (χ3n) is 3.32. The van der Waals surface area contributed by atoms with Crippen molar-refractivity contribution in [3.63, 3.8) is 0 Å². The Morgan fingerprint density at radius 2 is 2.50 bits per heavy atom. The predicted molar refractivity (Wildman–Crippen MR) is 64.4 cm³/mol. The van der Waals surface area contributed by atoms with Crippen molar-refractivity contribution < 1.29 is 4.74 Å². The maximum Gasteiger partial charge on any atom is 0.0482 e. The molecule has 0 radical (unpaired) electrons. The van der Waals surface area contributed by atoms with Crippen LogP contribution in [-0.2, 0) is 11.2 Å². The molecule has 1 aliphatic rings. The van der Waals surface area contributed by atoms with Crippen LogP contribution in [0, 0.1) is 0 Å². The average Bonchev–Trinajstić information content (AvgIpc) is 2.73. The first-order valence-electron chi connectivity index (χ1n) is 6.10. The molecule has 0 spiro atoms. The summed E-state index contributed by atoms with van der Waals surface area (Å²) < 4.78 is 5.35. The van der Waals surface area contributed by atoms with Crippen LogP contribution >= 0.6 is 0 Å². The summed E-state index contributed by atoms with van der Waals surface area (Å²) >= 11 is 0. The lowest BCUT2D eigenvalue weighted by molar-refractivity contribution is 0.137. The third kappa shape index (κ3) is 2.42. The van der Waals surface area contributed by atoms with Gasteiger partial charge in [-0.25, -0.2) is 0 Å². The Labute approximate surface area is 97.0 Å². The maximum absolute atomic E-state index is 6.21. The molecule has 0 fully saturated rings. The van der Waals surface area contributed by atoms with Gasteiger partial charge in [0.05, 0.1) is 0 Å². The Bertz CT molecular complexity index is 340. The van der Waals surface area contributed by atoms with Crippen LogP contribution in [0.1, 0.15) is 36.9 Å². The van der Waals surface area contributed by atoms with E-state index in [1.54, 1.807) is 0 Å². The summed E-state index contributed by atoms with van der Waals surface area (Å²) in [6.45, 7) is 3.54. The van der Waals surface area contributed by atoms with Gasteiger partial charge in [-0.05, 0) is 37.8 Å². The van der Waals surface area contributed by atoms with Crippen molar-refractivity contribution in [1.29, 1.82) is 0 Å². The normalized spacial score (nSPS) is 20.8. The molecule has 0 saturated carbocycles. The van der Waals surface area contributed by atoms with Gasteiger partial charge in [0.1, 0.15) is 0 Å². The number of hydrogen-bond donors (Lipinski definition) is 1. The van der Waals surface area contributed by atoms with Crippen LogP contribution in [-0.4, -0.2) is 24.2 Å². The summed E-state index contributed by atoms with van der Waals surface area (Å²) in [5.41, 5.74) is 8.80. The van der Waals surface area contributed by atoms with Crippen LogP contribution in [0.15, 0.2) is 18.3 Å². The number of rotatable bonds is 5. The highest BCUT2D eigenvalue weighted by Gasteiger charge is 2.28. The second kappa shape index (κ2) is 5.41. The zero-order valence-electron chi connectivity index (χ0n) is 9.86. The topological polar surface area (TPSA) is 48.1 Å². The molecule has 88 valence electrons. The molecule has 1 heterocycles. The van der Waals surface area contributed by atoms with Crippen LogP contribution in [0.3, 0.4) is 0 Å². The number of fused-ring (bicyclic) bond motifs is 1. The fraction of sp³-hybridized carbons (Fsp3) is 0.615. The van der Waals surface area contributed by atoms with Crippen molar-refractivity contribution in [1.82, 2.24) is 4.98 Å². The van der Waals surface area contributed by atoms with Gasteiger partial charge in [-0.3, -0.25) is 4.98 Å². The van der Waals surface area contributed by atoms with E-state index < -0.39 is 0 Å². The zero-order valence-corrected chi connectivity index (χ0v) is 9.86. The molecule has 0 amide bonds. The molecule has 0 saturated heterocycles. The molecule has 3 nitrogen and oxygen atoms in total. The number of aryl methyl sites for hydroxylation is 1. The van der Waals surface area contributed by atoms with Crippen molar-refractivity contribution in [3.8, 4) is 0 Å². The van der Waals surface area contributed by atoms with E-state index in [9.17, 15) is 0 Å². The molecule has 1 aromatic rings. The summed E-state index contributed by atoms with van der Waals surface area (Å²) in [6, 6.07) is 4.35. The first-order valence-corrected chi connectivity index (χ1v) is 6.10. The standard InChI is InChI=1S/C13H20N2O/c1-2-16-9-7-12(14)11-6-5-10-4-3-8-15-13(10)11/h3-4,8,11-12H,2,5-7,9,14H2,1H3. The van der Waals surface area contributed by atoms with Gasteiger partial charge in [-0.1, -0.05) is 6.07 Å². The molecule has 1 aliphatic carbocycles. The van der Waals surface area contributed by atoms with Gasteiger partial charge in [-0.15, -0.1) is 0 Å². The Kier molecular flexibility index (Phi) is 3.91. The van der Waals surface area contributed by atoms with E-state index in [-0.39, 0.29) is 6.04 Å². The molecule has 0 bridgehead atoms. The van der Waals surface area contributed by atoms with Crippen LogP contribution < -0.4 is 5.73 Å². The van der Waals surface area contributed by atoms with E-state index in [1.165, 1.54) is 11.3 Å². The van der Waals surface area contributed by atoms with Gasteiger partial charge in [0, 0.05) is 37.1 Å². The van der Waals surface area contributed by atoms with Gasteiger partial charge in [0.15, 0.2) is 0 Å². The van der Waals surface area contributed by atoms with Crippen molar-refractivity contribution in [3.05, 3.63) is 29.6 Å². The van der Waals surface area contributed by atoms with Crippen LogP contribution in [0.25, 0.3) is 0 Å². The van der Waals surface area contributed by atoms with Crippen molar-refractivity contribution in [2.24, 2.45) is 5.73 Å². The molecular weight excluding hydrogens is 200 g/mol. The molecule has 0 aromatic carbocycles. The third-order valence-corrected chi connectivity index (χ3v) is 3.32.